The molecule has 2 heterocycles. The van der Waals surface area contributed by atoms with Crippen molar-refractivity contribution in [2.75, 3.05) is 54.9 Å². The molecule has 0 N–H and O–H groups in total. The third-order valence-corrected chi connectivity index (χ3v) is 6.47. The Morgan fingerprint density at radius 2 is 1.14 bits per heavy atom. The summed E-state index contributed by atoms with van der Waals surface area (Å²) in [7, 11) is 5.95. The highest BCUT2D eigenvalue weighted by Gasteiger charge is 2.29. The second-order valence-electron chi connectivity index (χ2n) is 8.86. The molecule has 0 spiro atoms. The van der Waals surface area contributed by atoms with Crippen LogP contribution in [0.1, 0.15) is 61.3 Å². The van der Waals surface area contributed by atoms with E-state index in [1.165, 1.54) is 47.9 Å². The van der Waals surface area contributed by atoms with Crippen molar-refractivity contribution in [2.45, 2.75) is 40.5 Å². The van der Waals surface area contributed by atoms with E-state index in [0.717, 1.165) is 0 Å². The Labute approximate surface area is 250 Å². The molecular weight excluding hydrogens is 560 g/mol. The van der Waals surface area contributed by atoms with Gasteiger partial charge in [-0.25, -0.2) is 0 Å². The van der Waals surface area contributed by atoms with Gasteiger partial charge < -0.3 is 42.0 Å². The Balaban J connectivity index is 0.00000248. The topological polar surface area (TPSA) is 125 Å². The maximum atomic E-state index is 12.8. The molecule has 11 heteroatoms. The number of carbonyl (C=O) groups excluding carboxylic acids is 2. The third-order valence-electron chi connectivity index (χ3n) is 6.47. The molecular formula is C32H40O11. The van der Waals surface area contributed by atoms with Crippen LogP contribution in [0.15, 0.2) is 33.5 Å². The number of fused-ring (bicyclic) bond motifs is 2. The Morgan fingerprint density at radius 3 is 1.63 bits per heavy atom. The first-order chi connectivity index (χ1) is 20.9. The molecule has 2 aromatic carbocycles. The number of hydrogen-bond acceptors (Lipinski definition) is 11. The maximum absolute atomic E-state index is 12.8. The molecule has 11 nitrogen and oxygen atoms in total. The smallest absolute Gasteiger partial charge is 0.205 e. The van der Waals surface area contributed by atoms with E-state index in [1.807, 2.05) is 13.8 Å². The fraction of sp³-hybridized carbons (Fsp3) is 0.438. The molecule has 0 bridgehead atoms. The van der Waals surface area contributed by atoms with E-state index in [-0.39, 0.29) is 54.9 Å². The van der Waals surface area contributed by atoms with E-state index < -0.39 is 0 Å². The Kier molecular flexibility index (Phi) is 12.1. The van der Waals surface area contributed by atoms with Gasteiger partial charge in [-0.3, -0.25) is 9.59 Å². The van der Waals surface area contributed by atoms with Crippen LogP contribution < -0.4 is 28.4 Å². The lowest BCUT2D eigenvalue weighted by molar-refractivity contribution is 0.0868. The predicted octanol–water partition coefficient (Wildman–Crippen LogP) is 6.90. The molecule has 0 aliphatic carbocycles. The SMILES string of the molecule is CC.CCC(=O)c1c(OCCOCCCOc2c(C(C)=O)c(OC)c3ccoc3c2OC)c(OC)c2occc2c1OC. The van der Waals surface area contributed by atoms with Crippen LogP contribution in [0.3, 0.4) is 0 Å². The van der Waals surface area contributed by atoms with Crippen LogP contribution in [-0.4, -0.2) is 66.4 Å². The van der Waals surface area contributed by atoms with Gasteiger partial charge in [0.15, 0.2) is 34.2 Å². The first-order valence-electron chi connectivity index (χ1n) is 14.1. The number of ketones is 2. The summed E-state index contributed by atoms with van der Waals surface area (Å²) in [6, 6.07) is 3.43. The van der Waals surface area contributed by atoms with Crippen molar-refractivity contribution in [1.29, 1.82) is 0 Å². The summed E-state index contributed by atoms with van der Waals surface area (Å²) in [6.45, 7) is 8.16. The summed E-state index contributed by atoms with van der Waals surface area (Å²) in [6.07, 6.45) is 3.76. The normalized spacial score (nSPS) is 10.7. The lowest BCUT2D eigenvalue weighted by Crippen LogP contribution is -2.13. The zero-order valence-corrected chi connectivity index (χ0v) is 26.0. The molecule has 0 amide bonds. The molecule has 0 radical (unpaired) electrons. The largest absolute Gasteiger partial charge is 0.495 e. The monoisotopic (exact) mass is 600 g/mol. The van der Waals surface area contributed by atoms with Gasteiger partial charge in [-0.2, -0.15) is 0 Å². The minimum absolute atomic E-state index is 0.144. The number of benzene rings is 2. The van der Waals surface area contributed by atoms with Crippen LogP contribution in [0, 0.1) is 0 Å². The van der Waals surface area contributed by atoms with Crippen LogP contribution in [0.5, 0.6) is 34.5 Å². The fourth-order valence-corrected chi connectivity index (χ4v) is 4.70. The van der Waals surface area contributed by atoms with Gasteiger partial charge in [-0.15, -0.1) is 0 Å². The van der Waals surface area contributed by atoms with Crippen molar-refractivity contribution in [3.05, 3.63) is 35.8 Å². The van der Waals surface area contributed by atoms with E-state index in [9.17, 15) is 9.59 Å². The molecule has 0 atom stereocenters. The molecule has 234 valence electrons. The van der Waals surface area contributed by atoms with Crippen molar-refractivity contribution in [3.63, 3.8) is 0 Å². The lowest BCUT2D eigenvalue weighted by Gasteiger charge is -2.18. The summed E-state index contributed by atoms with van der Waals surface area (Å²) in [5.74, 6) is 1.50. The van der Waals surface area contributed by atoms with E-state index in [1.54, 1.807) is 19.1 Å². The number of rotatable bonds is 16. The molecule has 0 saturated carbocycles. The number of ether oxygens (including phenoxy) is 7. The molecule has 0 saturated heterocycles. The molecule has 0 fully saturated rings. The first kappa shape index (κ1) is 33.1. The average molecular weight is 601 g/mol. The van der Waals surface area contributed by atoms with Gasteiger partial charge in [-0.1, -0.05) is 20.8 Å². The second kappa shape index (κ2) is 15.7. The van der Waals surface area contributed by atoms with E-state index >= 15 is 0 Å². The quantitative estimate of drug-likeness (QED) is 0.0985. The molecule has 4 aromatic rings. The van der Waals surface area contributed by atoms with Crippen LogP contribution in [0.4, 0.5) is 0 Å². The number of Topliss-reactive ketones (excluding diaryl/α,β-unsaturated/α-hetero) is 2. The van der Waals surface area contributed by atoms with Crippen molar-refractivity contribution in [2.24, 2.45) is 0 Å². The highest BCUT2D eigenvalue weighted by atomic mass is 16.5. The lowest BCUT2D eigenvalue weighted by atomic mass is 10.0. The standard InChI is InChI=1S/C30H34O11.C2H6/c1-7-20(32)22-24(34-4)19-10-14-40-26(19)30(36-6)28(22)41-16-15-37-11-8-12-38-27-21(17(2)31)23(33-3)18-9-13-39-25(18)29(27)35-5;1-2/h9-10,13-14H,7-8,11-12,15-16H2,1-6H3;1-2H3. The van der Waals surface area contributed by atoms with Gasteiger partial charge in [0, 0.05) is 19.4 Å². The zero-order valence-electron chi connectivity index (χ0n) is 26.0. The van der Waals surface area contributed by atoms with Crippen LogP contribution in [-0.2, 0) is 4.74 Å². The van der Waals surface area contributed by atoms with Gasteiger partial charge in [-0.05, 0) is 19.1 Å². The van der Waals surface area contributed by atoms with Gasteiger partial charge in [0.05, 0.1) is 65.0 Å². The highest BCUT2D eigenvalue weighted by Crippen LogP contribution is 2.48. The first-order valence-corrected chi connectivity index (χ1v) is 14.1. The van der Waals surface area contributed by atoms with E-state index in [2.05, 4.69) is 0 Å². The van der Waals surface area contributed by atoms with Crippen LogP contribution in [0.2, 0.25) is 0 Å². The van der Waals surface area contributed by atoms with Gasteiger partial charge >= 0.3 is 0 Å². The second-order valence-corrected chi connectivity index (χ2v) is 8.86. The third kappa shape index (κ3) is 6.67. The van der Waals surface area contributed by atoms with Gasteiger partial charge in [0.25, 0.3) is 0 Å². The molecule has 2 aromatic heterocycles. The van der Waals surface area contributed by atoms with E-state index in [0.29, 0.717) is 63.5 Å². The number of methoxy groups -OCH3 is 4. The summed E-state index contributed by atoms with van der Waals surface area (Å²) < 4.78 is 51.0. The number of furan rings is 2. The highest BCUT2D eigenvalue weighted by molar-refractivity contribution is 6.09. The summed E-state index contributed by atoms with van der Waals surface area (Å²) in [5.41, 5.74) is 1.43. The molecule has 0 aliphatic heterocycles. The summed E-state index contributed by atoms with van der Waals surface area (Å²) in [4.78, 5) is 25.3. The zero-order chi connectivity index (χ0) is 31.5. The van der Waals surface area contributed by atoms with E-state index in [4.69, 9.17) is 42.0 Å². The van der Waals surface area contributed by atoms with Crippen LogP contribution in [0.25, 0.3) is 21.9 Å². The minimum atomic E-state index is -0.229. The average Bonchev–Trinajstić information content (AvgIpc) is 3.71. The van der Waals surface area contributed by atoms with Gasteiger partial charge in [0.1, 0.15) is 29.2 Å². The summed E-state index contributed by atoms with van der Waals surface area (Å²) >= 11 is 0. The Hall–Kier alpha value is -4.38. The van der Waals surface area contributed by atoms with Gasteiger partial charge in [0.2, 0.25) is 11.5 Å². The van der Waals surface area contributed by atoms with Crippen LogP contribution >= 0.6 is 0 Å². The molecule has 0 aliphatic rings. The Morgan fingerprint density at radius 1 is 0.651 bits per heavy atom. The van der Waals surface area contributed by atoms with Crippen molar-refractivity contribution < 1.29 is 51.6 Å². The minimum Gasteiger partial charge on any atom is -0.495 e. The summed E-state index contributed by atoms with van der Waals surface area (Å²) in [5, 5.41) is 1.24. The van der Waals surface area contributed by atoms with Crippen molar-refractivity contribution in [1.82, 2.24) is 0 Å². The molecule has 43 heavy (non-hydrogen) atoms. The predicted molar refractivity (Wildman–Crippen MR) is 161 cm³/mol. The maximum Gasteiger partial charge on any atom is 0.205 e. The Bertz CT molecular complexity index is 1530. The van der Waals surface area contributed by atoms with Crippen molar-refractivity contribution in [3.8, 4) is 34.5 Å². The number of hydrogen-bond donors (Lipinski definition) is 0. The molecule has 0 unspecified atom stereocenters. The number of carbonyl (C=O) groups is 2. The van der Waals surface area contributed by atoms with Crippen molar-refractivity contribution >= 4 is 33.5 Å². The molecule has 4 rings (SSSR count). The fourth-order valence-electron chi connectivity index (χ4n) is 4.70.